The van der Waals surface area contributed by atoms with Gasteiger partial charge in [0.05, 0.1) is 23.0 Å². The molecule has 0 radical (unpaired) electrons. The molecule has 1 atom stereocenters. The average molecular weight is 277 g/mol. The predicted octanol–water partition coefficient (Wildman–Crippen LogP) is 2.11. The standard InChI is InChI=1S/C13H12FN3O3/c14-11-4-10(5-12(6-11)17(19)20)13(18)16-3-1-2-9(7-15)8-16/h4-6,9H,1-3,8H2. The van der Waals surface area contributed by atoms with Crippen LogP contribution in [0.4, 0.5) is 10.1 Å². The number of carbonyl (C=O) groups is 1. The number of nitro groups is 1. The van der Waals surface area contributed by atoms with E-state index in [4.69, 9.17) is 5.26 Å². The number of non-ortho nitro benzene ring substituents is 1. The highest BCUT2D eigenvalue weighted by atomic mass is 19.1. The van der Waals surface area contributed by atoms with Gasteiger partial charge in [-0.25, -0.2) is 4.39 Å². The minimum absolute atomic E-state index is 0.0599. The van der Waals surface area contributed by atoms with Crippen LogP contribution in [0.25, 0.3) is 0 Å². The Morgan fingerprint density at radius 1 is 1.50 bits per heavy atom. The average Bonchev–Trinajstić information content (AvgIpc) is 2.45. The number of hydrogen-bond acceptors (Lipinski definition) is 4. The highest BCUT2D eigenvalue weighted by molar-refractivity contribution is 5.95. The van der Waals surface area contributed by atoms with E-state index in [9.17, 15) is 19.3 Å². The van der Waals surface area contributed by atoms with Gasteiger partial charge in [0.1, 0.15) is 5.82 Å². The summed E-state index contributed by atoms with van der Waals surface area (Å²) in [4.78, 5) is 23.6. The van der Waals surface area contributed by atoms with Gasteiger partial charge in [0.25, 0.3) is 11.6 Å². The third-order valence-electron chi connectivity index (χ3n) is 3.23. The van der Waals surface area contributed by atoms with Gasteiger partial charge in [-0.3, -0.25) is 14.9 Å². The number of nitro benzene ring substituents is 1. The summed E-state index contributed by atoms with van der Waals surface area (Å²) in [6.07, 6.45) is 1.42. The zero-order valence-corrected chi connectivity index (χ0v) is 10.6. The minimum atomic E-state index is -0.823. The van der Waals surface area contributed by atoms with Gasteiger partial charge in [-0.1, -0.05) is 0 Å². The molecule has 7 heteroatoms. The topological polar surface area (TPSA) is 87.2 Å². The number of hydrogen-bond donors (Lipinski definition) is 0. The van der Waals surface area contributed by atoms with Crippen molar-refractivity contribution in [1.82, 2.24) is 4.90 Å². The van der Waals surface area contributed by atoms with Gasteiger partial charge in [0.2, 0.25) is 0 Å². The number of benzene rings is 1. The molecule has 0 N–H and O–H groups in total. The molecular weight excluding hydrogens is 265 g/mol. The lowest BCUT2D eigenvalue weighted by Crippen LogP contribution is -2.39. The highest BCUT2D eigenvalue weighted by Gasteiger charge is 2.25. The first-order valence-electron chi connectivity index (χ1n) is 6.15. The van der Waals surface area contributed by atoms with E-state index in [0.29, 0.717) is 13.0 Å². The number of likely N-dealkylation sites (tertiary alicyclic amines) is 1. The maximum absolute atomic E-state index is 13.3. The Morgan fingerprint density at radius 2 is 2.25 bits per heavy atom. The minimum Gasteiger partial charge on any atom is -0.337 e. The molecule has 104 valence electrons. The number of piperidine rings is 1. The summed E-state index contributed by atoms with van der Waals surface area (Å²) in [6.45, 7) is 0.751. The van der Waals surface area contributed by atoms with Crippen molar-refractivity contribution in [1.29, 1.82) is 5.26 Å². The van der Waals surface area contributed by atoms with Crippen LogP contribution in [0.2, 0.25) is 0 Å². The Labute approximate surface area is 114 Å². The molecule has 0 spiro atoms. The van der Waals surface area contributed by atoms with Crippen LogP contribution in [0.1, 0.15) is 23.2 Å². The van der Waals surface area contributed by atoms with Gasteiger partial charge >= 0.3 is 0 Å². The molecular formula is C13H12FN3O3. The van der Waals surface area contributed by atoms with Crippen LogP contribution in [0.3, 0.4) is 0 Å². The van der Waals surface area contributed by atoms with Crippen LogP contribution in [-0.4, -0.2) is 28.8 Å². The van der Waals surface area contributed by atoms with E-state index in [1.165, 1.54) is 4.90 Å². The molecule has 0 bridgehead atoms. The van der Waals surface area contributed by atoms with Gasteiger partial charge in [0, 0.05) is 24.7 Å². The first-order valence-corrected chi connectivity index (χ1v) is 6.15. The van der Waals surface area contributed by atoms with Gasteiger partial charge < -0.3 is 4.90 Å². The van der Waals surface area contributed by atoms with Crippen LogP contribution >= 0.6 is 0 Å². The summed E-state index contributed by atoms with van der Waals surface area (Å²) >= 11 is 0. The number of halogens is 1. The summed E-state index contributed by atoms with van der Waals surface area (Å²) in [5.41, 5.74) is -0.516. The quantitative estimate of drug-likeness (QED) is 0.611. The fourth-order valence-corrected chi connectivity index (χ4v) is 2.25. The molecule has 1 aromatic rings. The summed E-state index contributed by atoms with van der Waals surface area (Å²) in [5, 5.41) is 19.6. The molecule has 6 nitrogen and oxygen atoms in total. The molecule has 1 saturated heterocycles. The normalized spacial score (nSPS) is 18.4. The first-order chi connectivity index (χ1) is 9.51. The molecule has 0 aliphatic carbocycles. The maximum atomic E-state index is 13.3. The molecule has 2 rings (SSSR count). The van der Waals surface area contributed by atoms with Crippen molar-refractivity contribution in [3.8, 4) is 6.07 Å². The van der Waals surface area contributed by atoms with E-state index in [1.807, 2.05) is 0 Å². The molecule has 0 saturated carbocycles. The summed E-state index contributed by atoms with van der Waals surface area (Å²) < 4.78 is 13.3. The number of carbonyl (C=O) groups excluding carboxylic acids is 1. The predicted molar refractivity (Wildman–Crippen MR) is 67.3 cm³/mol. The van der Waals surface area contributed by atoms with Crippen LogP contribution in [0, 0.1) is 33.2 Å². The lowest BCUT2D eigenvalue weighted by molar-refractivity contribution is -0.385. The number of rotatable bonds is 2. The van der Waals surface area contributed by atoms with Crippen LogP contribution in [0.5, 0.6) is 0 Å². The van der Waals surface area contributed by atoms with Gasteiger partial charge in [0.15, 0.2) is 0 Å². The van der Waals surface area contributed by atoms with E-state index >= 15 is 0 Å². The Hall–Kier alpha value is -2.49. The van der Waals surface area contributed by atoms with Crippen molar-refractivity contribution < 1.29 is 14.1 Å². The smallest absolute Gasteiger partial charge is 0.273 e. The molecule has 1 aliphatic heterocycles. The largest absolute Gasteiger partial charge is 0.337 e. The van der Waals surface area contributed by atoms with Crippen molar-refractivity contribution in [3.05, 3.63) is 39.7 Å². The summed E-state index contributed by atoms with van der Waals surface area (Å²) in [6, 6.07) is 4.91. The van der Waals surface area contributed by atoms with Crippen LogP contribution in [0.15, 0.2) is 18.2 Å². The second-order valence-electron chi connectivity index (χ2n) is 4.67. The number of nitriles is 1. The maximum Gasteiger partial charge on any atom is 0.273 e. The molecule has 0 aromatic heterocycles. The van der Waals surface area contributed by atoms with E-state index < -0.39 is 22.3 Å². The Balaban J connectivity index is 2.25. The van der Waals surface area contributed by atoms with Crippen molar-refractivity contribution in [2.75, 3.05) is 13.1 Å². The summed E-state index contributed by atoms with van der Waals surface area (Å²) in [5.74, 6) is -1.54. The second-order valence-corrected chi connectivity index (χ2v) is 4.67. The van der Waals surface area contributed by atoms with Crippen molar-refractivity contribution in [2.24, 2.45) is 5.92 Å². The molecule has 1 amide bonds. The first kappa shape index (κ1) is 13.9. The van der Waals surface area contributed by atoms with Crippen molar-refractivity contribution >= 4 is 11.6 Å². The van der Waals surface area contributed by atoms with Crippen molar-refractivity contribution in [3.63, 3.8) is 0 Å². The van der Waals surface area contributed by atoms with Crippen molar-refractivity contribution in [2.45, 2.75) is 12.8 Å². The van der Waals surface area contributed by atoms with Gasteiger partial charge in [-0.2, -0.15) is 5.26 Å². The number of nitrogens with zero attached hydrogens (tertiary/aromatic N) is 3. The molecule has 1 fully saturated rings. The Kier molecular flexibility index (Phi) is 3.94. The lowest BCUT2D eigenvalue weighted by atomic mass is 9.99. The van der Waals surface area contributed by atoms with E-state index in [1.54, 1.807) is 0 Å². The molecule has 1 aliphatic rings. The summed E-state index contributed by atoms with van der Waals surface area (Å²) in [7, 11) is 0. The Bertz CT molecular complexity index is 597. The zero-order valence-electron chi connectivity index (χ0n) is 10.6. The molecule has 20 heavy (non-hydrogen) atoms. The molecule has 1 heterocycles. The van der Waals surface area contributed by atoms with E-state index in [2.05, 4.69) is 6.07 Å². The zero-order chi connectivity index (χ0) is 14.7. The van der Waals surface area contributed by atoms with Crippen LogP contribution in [-0.2, 0) is 0 Å². The monoisotopic (exact) mass is 277 g/mol. The Morgan fingerprint density at radius 3 is 2.90 bits per heavy atom. The molecule has 1 aromatic carbocycles. The van der Waals surface area contributed by atoms with Crippen LogP contribution < -0.4 is 0 Å². The number of amides is 1. The third kappa shape index (κ3) is 2.91. The SMILES string of the molecule is N#CC1CCCN(C(=O)c2cc(F)cc([N+](=O)[O-])c2)C1. The molecule has 1 unspecified atom stereocenters. The second kappa shape index (κ2) is 5.65. The van der Waals surface area contributed by atoms with Gasteiger partial charge in [-0.05, 0) is 18.9 Å². The third-order valence-corrected chi connectivity index (χ3v) is 3.23. The fourth-order valence-electron chi connectivity index (χ4n) is 2.25. The van der Waals surface area contributed by atoms with Gasteiger partial charge in [-0.15, -0.1) is 0 Å². The highest BCUT2D eigenvalue weighted by Crippen LogP contribution is 2.21. The lowest BCUT2D eigenvalue weighted by Gasteiger charge is -2.29. The van der Waals surface area contributed by atoms with E-state index in [-0.39, 0.29) is 18.0 Å². The fraction of sp³-hybridized carbons (Fsp3) is 0.385. The van der Waals surface area contributed by atoms with E-state index in [0.717, 1.165) is 24.6 Å².